The summed E-state index contributed by atoms with van der Waals surface area (Å²) in [7, 11) is 0. The van der Waals surface area contributed by atoms with Gasteiger partial charge in [-0.05, 0) is 0 Å². The van der Waals surface area contributed by atoms with Gasteiger partial charge in [0.15, 0.2) is 0 Å². The van der Waals surface area contributed by atoms with E-state index < -0.39 is 11.3 Å². The van der Waals surface area contributed by atoms with E-state index in [1.807, 2.05) is 48.5 Å². The van der Waals surface area contributed by atoms with Crippen molar-refractivity contribution in [2.45, 2.75) is 6.92 Å². The average Bonchev–Trinajstić information content (AvgIpc) is 2.69. The second kappa shape index (κ2) is 6.74. The third kappa shape index (κ3) is 2.72. The van der Waals surface area contributed by atoms with Crippen LogP contribution in [0.5, 0.6) is 0 Å². The van der Waals surface area contributed by atoms with Crippen LogP contribution in [0, 0.1) is 0 Å². The van der Waals surface area contributed by atoms with Gasteiger partial charge in [-0.2, -0.15) is 0 Å². The van der Waals surface area contributed by atoms with Crippen LogP contribution in [0.1, 0.15) is 17.3 Å². The molecule has 4 heteroatoms. The Labute approximate surface area is 156 Å². The van der Waals surface area contributed by atoms with Crippen molar-refractivity contribution < 1.29 is 9.90 Å². The molecule has 0 unspecified atom stereocenters. The number of aromatic carboxylic acids is 1. The molecule has 0 atom stereocenters. The van der Waals surface area contributed by atoms with Gasteiger partial charge in [-0.25, -0.2) is 0 Å². The van der Waals surface area contributed by atoms with Crippen molar-refractivity contribution in [1.82, 2.24) is 0 Å². The normalized spacial score (nSPS) is 13.0. The summed E-state index contributed by atoms with van der Waals surface area (Å²) in [6.45, 7) is 2.13. The average molecular weight is 415 g/mol. The van der Waals surface area contributed by atoms with E-state index in [2.05, 4.69) is 46.7 Å². The third-order valence-electron chi connectivity index (χ3n) is 4.82. The van der Waals surface area contributed by atoms with Gasteiger partial charge < -0.3 is 0 Å². The molecule has 0 radical (unpaired) electrons. The van der Waals surface area contributed by atoms with Crippen LogP contribution in [-0.2, 0) is 0 Å². The van der Waals surface area contributed by atoms with Crippen LogP contribution in [0.3, 0.4) is 0 Å². The second-order valence-corrected chi connectivity index (χ2v) is 15.2. The molecule has 3 rings (SSSR count). The number of carbonyl (C=O) groups is 1. The van der Waals surface area contributed by atoms with Crippen LogP contribution in [0.25, 0.3) is 0 Å². The molecule has 0 aromatic heterocycles. The number of halogens is 1. The van der Waals surface area contributed by atoms with Gasteiger partial charge in [0.25, 0.3) is 0 Å². The summed E-state index contributed by atoms with van der Waals surface area (Å²) in [5.74, 6) is -0.899. The number of hydrogen-bond donors (Lipinski definition) is 1. The maximum atomic E-state index is 12.0. The Morgan fingerprint density at radius 2 is 1.28 bits per heavy atom. The number of carboxylic acids is 1. The van der Waals surface area contributed by atoms with Crippen molar-refractivity contribution in [3.63, 3.8) is 0 Å². The quantitative estimate of drug-likeness (QED) is 0.622. The first-order valence-electron chi connectivity index (χ1n) is 8.19. The van der Waals surface area contributed by atoms with Crippen molar-refractivity contribution in [2.24, 2.45) is 0 Å². The third-order valence-corrected chi connectivity index (χ3v) is 15.3. The van der Waals surface area contributed by atoms with Crippen LogP contribution < -0.4 is 15.9 Å². The minimum absolute atomic E-state index is 0.353. The van der Waals surface area contributed by atoms with Gasteiger partial charge in [0, 0.05) is 0 Å². The molecular formula is C21H20BrO2P. The first kappa shape index (κ1) is 17.8. The van der Waals surface area contributed by atoms with E-state index in [1.54, 1.807) is 12.1 Å². The summed E-state index contributed by atoms with van der Waals surface area (Å²) in [5.41, 5.74) is 0.353. The summed E-state index contributed by atoms with van der Waals surface area (Å²) in [4.78, 5) is 12.0. The molecule has 1 N–H and O–H groups in total. The molecule has 0 aliphatic carbocycles. The molecule has 3 aromatic carbocycles. The standard InChI is InChI=1S/C21H20BrO2P/c1-2-25(22,17-11-5-3-6-12-17,18-13-7-4-8-14-18)20-16-10-9-15-19(20)21(23)24/h3-16H,2H2,1H3,(H,23,24). The SMILES string of the molecule is CCP(Br)(c1ccccc1)(c1ccccc1)c1ccccc1C(=O)O. The molecule has 0 amide bonds. The number of carboxylic acid groups (broad SMARTS) is 1. The van der Waals surface area contributed by atoms with Gasteiger partial charge in [0.1, 0.15) is 0 Å². The van der Waals surface area contributed by atoms with E-state index in [1.165, 1.54) is 0 Å². The van der Waals surface area contributed by atoms with Crippen LogP contribution in [-0.4, -0.2) is 17.2 Å². The van der Waals surface area contributed by atoms with Crippen molar-refractivity contribution >= 4 is 42.7 Å². The molecule has 0 aliphatic rings. The Bertz CT molecular complexity index is 855. The molecule has 0 spiro atoms. The van der Waals surface area contributed by atoms with E-state index in [0.29, 0.717) is 5.56 Å². The van der Waals surface area contributed by atoms with E-state index in [0.717, 1.165) is 22.1 Å². The first-order chi connectivity index (χ1) is 12.0. The van der Waals surface area contributed by atoms with Gasteiger partial charge in [0.05, 0.1) is 0 Å². The molecule has 25 heavy (non-hydrogen) atoms. The summed E-state index contributed by atoms with van der Waals surface area (Å²) < 4.78 is 0. The summed E-state index contributed by atoms with van der Waals surface area (Å²) >= 11 is 4.20. The summed E-state index contributed by atoms with van der Waals surface area (Å²) in [6, 6.07) is 27.8. The monoisotopic (exact) mass is 414 g/mol. The zero-order chi connectivity index (χ0) is 17.9. The van der Waals surface area contributed by atoms with Gasteiger partial charge in [-0.1, -0.05) is 0 Å². The fourth-order valence-corrected chi connectivity index (χ4v) is 10.4. The topological polar surface area (TPSA) is 37.3 Å². The van der Waals surface area contributed by atoms with Crippen molar-refractivity contribution in [3.8, 4) is 0 Å². The second-order valence-electron chi connectivity index (χ2n) is 5.99. The fourth-order valence-electron chi connectivity index (χ4n) is 3.50. The molecule has 0 saturated heterocycles. The molecule has 3 aromatic rings. The van der Waals surface area contributed by atoms with Crippen LogP contribution in [0.15, 0.2) is 84.9 Å². The van der Waals surface area contributed by atoms with E-state index in [-0.39, 0.29) is 0 Å². The zero-order valence-electron chi connectivity index (χ0n) is 14.0. The molecule has 0 fully saturated rings. The molecule has 0 aliphatic heterocycles. The van der Waals surface area contributed by atoms with Gasteiger partial charge in [0.2, 0.25) is 0 Å². The number of hydrogen-bond acceptors (Lipinski definition) is 1. The Balaban J connectivity index is 2.49. The number of benzene rings is 3. The molecule has 0 bridgehead atoms. The Morgan fingerprint density at radius 3 is 1.72 bits per heavy atom. The van der Waals surface area contributed by atoms with Crippen LogP contribution >= 0.6 is 20.8 Å². The molecule has 0 saturated carbocycles. The van der Waals surface area contributed by atoms with E-state index >= 15 is 0 Å². The molecule has 2 nitrogen and oxygen atoms in total. The first-order valence-corrected chi connectivity index (χ1v) is 12.6. The van der Waals surface area contributed by atoms with E-state index in [9.17, 15) is 9.90 Å². The summed E-state index contributed by atoms with van der Waals surface area (Å²) in [6.07, 6.45) is 0.782. The fraction of sp³-hybridized carbons (Fsp3) is 0.0952. The van der Waals surface area contributed by atoms with Gasteiger partial charge in [-0.15, -0.1) is 0 Å². The molecule has 128 valence electrons. The van der Waals surface area contributed by atoms with Crippen molar-refractivity contribution in [1.29, 1.82) is 0 Å². The van der Waals surface area contributed by atoms with E-state index in [4.69, 9.17) is 0 Å². The molecule has 0 heterocycles. The Morgan fingerprint density at radius 1 is 0.840 bits per heavy atom. The summed E-state index contributed by atoms with van der Waals surface area (Å²) in [5, 5.41) is 9.88. The maximum absolute atomic E-state index is 12.0. The van der Waals surface area contributed by atoms with Crippen LogP contribution in [0.4, 0.5) is 0 Å². The van der Waals surface area contributed by atoms with Crippen LogP contribution in [0.2, 0.25) is 0 Å². The zero-order valence-corrected chi connectivity index (χ0v) is 16.5. The Hall–Kier alpha value is -1.96. The predicted octanol–water partition coefficient (Wildman–Crippen LogP) is 4.54. The number of rotatable bonds is 5. The van der Waals surface area contributed by atoms with Gasteiger partial charge >= 0.3 is 156 Å². The van der Waals surface area contributed by atoms with Crippen molar-refractivity contribution in [2.75, 3.05) is 6.16 Å². The van der Waals surface area contributed by atoms with Gasteiger partial charge in [-0.3, -0.25) is 0 Å². The predicted molar refractivity (Wildman–Crippen MR) is 112 cm³/mol. The Kier molecular flexibility index (Phi) is 4.81. The molecular weight excluding hydrogens is 395 g/mol. The minimum atomic E-state index is -3.08. The van der Waals surface area contributed by atoms with Crippen molar-refractivity contribution in [3.05, 3.63) is 90.5 Å².